The molecule has 1 aromatic carbocycles. The van der Waals surface area contributed by atoms with E-state index >= 15 is 0 Å². The molecular formula is C10H11N5O2. The number of aromatic nitrogens is 2. The molecule has 0 aliphatic heterocycles. The normalized spacial score (nSPS) is 10.2. The average Bonchev–Trinajstić information content (AvgIpc) is 2.74. The smallest absolute Gasteiger partial charge is 0.248 e. The van der Waals surface area contributed by atoms with E-state index in [2.05, 4.69) is 5.10 Å². The fourth-order valence-electron chi connectivity index (χ4n) is 1.30. The molecule has 7 heteroatoms. The number of anilines is 2. The molecule has 0 saturated heterocycles. The van der Waals surface area contributed by atoms with Gasteiger partial charge in [-0.1, -0.05) is 6.07 Å². The van der Waals surface area contributed by atoms with Gasteiger partial charge in [0.1, 0.15) is 5.75 Å². The SMILES string of the molecule is N=C(N(O)c1cccc(O)c1)n1cc(N)cn1. The monoisotopic (exact) mass is 233 g/mol. The fraction of sp³-hybridized carbons (Fsp3) is 0. The van der Waals surface area contributed by atoms with E-state index in [1.807, 2.05) is 0 Å². The summed E-state index contributed by atoms with van der Waals surface area (Å²) in [6, 6.07) is 5.88. The Kier molecular flexibility index (Phi) is 2.67. The molecule has 17 heavy (non-hydrogen) atoms. The average molecular weight is 233 g/mol. The van der Waals surface area contributed by atoms with Gasteiger partial charge in [-0.2, -0.15) is 10.2 Å². The van der Waals surface area contributed by atoms with Crippen molar-refractivity contribution in [3.8, 4) is 5.75 Å². The van der Waals surface area contributed by atoms with Crippen LogP contribution in [0.25, 0.3) is 0 Å². The highest BCUT2D eigenvalue weighted by Crippen LogP contribution is 2.19. The summed E-state index contributed by atoms with van der Waals surface area (Å²) < 4.78 is 1.11. The summed E-state index contributed by atoms with van der Waals surface area (Å²) in [5.41, 5.74) is 6.10. The van der Waals surface area contributed by atoms with E-state index in [0.717, 1.165) is 4.68 Å². The second-order valence-corrected chi connectivity index (χ2v) is 3.37. The van der Waals surface area contributed by atoms with Gasteiger partial charge in [0, 0.05) is 6.07 Å². The molecule has 0 fully saturated rings. The molecule has 1 aromatic heterocycles. The molecule has 7 nitrogen and oxygen atoms in total. The number of nitrogens with one attached hydrogen (secondary N) is 1. The summed E-state index contributed by atoms with van der Waals surface area (Å²) in [6.45, 7) is 0. The van der Waals surface area contributed by atoms with E-state index in [9.17, 15) is 10.3 Å². The highest BCUT2D eigenvalue weighted by molar-refractivity contribution is 5.92. The lowest BCUT2D eigenvalue weighted by molar-refractivity contribution is 0.305. The number of phenols is 1. The van der Waals surface area contributed by atoms with Gasteiger partial charge in [-0.05, 0) is 12.1 Å². The van der Waals surface area contributed by atoms with Crippen LogP contribution in [-0.4, -0.2) is 26.1 Å². The first-order chi connectivity index (χ1) is 8.08. The lowest BCUT2D eigenvalue weighted by atomic mass is 10.3. The van der Waals surface area contributed by atoms with Gasteiger partial charge in [-0.3, -0.25) is 10.6 Å². The quantitative estimate of drug-likeness (QED) is 0.331. The van der Waals surface area contributed by atoms with Crippen molar-refractivity contribution in [2.45, 2.75) is 0 Å². The summed E-state index contributed by atoms with van der Waals surface area (Å²) >= 11 is 0. The van der Waals surface area contributed by atoms with Gasteiger partial charge >= 0.3 is 0 Å². The molecule has 88 valence electrons. The number of nitrogens with zero attached hydrogens (tertiary/aromatic N) is 3. The maximum absolute atomic E-state index is 9.77. The van der Waals surface area contributed by atoms with Crippen molar-refractivity contribution in [1.82, 2.24) is 9.78 Å². The third-order valence-electron chi connectivity index (χ3n) is 2.09. The molecule has 0 aliphatic rings. The number of hydrogen-bond donors (Lipinski definition) is 4. The molecule has 0 radical (unpaired) electrons. The first-order valence-corrected chi connectivity index (χ1v) is 4.75. The number of benzene rings is 1. The van der Waals surface area contributed by atoms with Crippen molar-refractivity contribution < 1.29 is 10.3 Å². The molecular weight excluding hydrogens is 222 g/mol. The molecule has 0 unspecified atom stereocenters. The fourth-order valence-corrected chi connectivity index (χ4v) is 1.30. The van der Waals surface area contributed by atoms with Crippen LogP contribution < -0.4 is 10.8 Å². The molecule has 0 atom stereocenters. The number of hydrogen-bond acceptors (Lipinski definition) is 5. The van der Waals surface area contributed by atoms with Crippen molar-refractivity contribution in [3.63, 3.8) is 0 Å². The minimum atomic E-state index is -0.299. The van der Waals surface area contributed by atoms with Crippen LogP contribution in [0.15, 0.2) is 36.7 Å². The highest BCUT2D eigenvalue weighted by Gasteiger charge is 2.12. The molecule has 0 bridgehead atoms. The Morgan fingerprint density at radius 3 is 2.82 bits per heavy atom. The Labute approximate surface area is 96.8 Å². The molecule has 0 saturated carbocycles. The van der Waals surface area contributed by atoms with Gasteiger partial charge in [0.15, 0.2) is 0 Å². The van der Waals surface area contributed by atoms with Crippen LogP contribution in [0, 0.1) is 5.41 Å². The van der Waals surface area contributed by atoms with Crippen LogP contribution >= 0.6 is 0 Å². The molecule has 0 spiro atoms. The van der Waals surface area contributed by atoms with Gasteiger partial charge in [0.05, 0.1) is 23.8 Å². The van der Waals surface area contributed by atoms with Gasteiger partial charge in [-0.15, -0.1) is 0 Å². The maximum atomic E-state index is 9.77. The Morgan fingerprint density at radius 2 is 2.24 bits per heavy atom. The first kappa shape index (κ1) is 11.0. The standard InChI is InChI=1S/C10H11N5O2/c11-7-5-13-14(6-7)10(12)15(17)8-2-1-3-9(16)4-8/h1-6,12,16-17H,11H2. The molecule has 5 N–H and O–H groups in total. The first-order valence-electron chi connectivity index (χ1n) is 4.75. The van der Waals surface area contributed by atoms with E-state index in [1.165, 1.54) is 24.5 Å². The lowest BCUT2D eigenvalue weighted by Gasteiger charge is -2.17. The van der Waals surface area contributed by atoms with Crippen LogP contribution in [0.1, 0.15) is 0 Å². The van der Waals surface area contributed by atoms with Crippen LogP contribution in [0.2, 0.25) is 0 Å². The zero-order valence-electron chi connectivity index (χ0n) is 8.78. The predicted molar refractivity (Wildman–Crippen MR) is 62.1 cm³/mol. The highest BCUT2D eigenvalue weighted by atomic mass is 16.5. The van der Waals surface area contributed by atoms with E-state index in [-0.39, 0.29) is 17.4 Å². The minimum Gasteiger partial charge on any atom is -0.508 e. The summed E-state index contributed by atoms with van der Waals surface area (Å²) in [4.78, 5) is 0. The Bertz CT molecular complexity index is 551. The van der Waals surface area contributed by atoms with Crippen LogP contribution in [0.4, 0.5) is 11.4 Å². The number of aromatic hydroxyl groups is 1. The van der Waals surface area contributed by atoms with Gasteiger partial charge in [0.2, 0.25) is 5.96 Å². The van der Waals surface area contributed by atoms with Crippen LogP contribution in [0.5, 0.6) is 5.75 Å². The van der Waals surface area contributed by atoms with Crippen LogP contribution in [-0.2, 0) is 0 Å². The van der Waals surface area contributed by atoms with E-state index in [0.29, 0.717) is 10.8 Å². The third-order valence-corrected chi connectivity index (χ3v) is 2.09. The summed E-state index contributed by atoms with van der Waals surface area (Å²) in [5, 5.41) is 31.1. The second-order valence-electron chi connectivity index (χ2n) is 3.37. The van der Waals surface area contributed by atoms with E-state index in [1.54, 1.807) is 12.1 Å². The van der Waals surface area contributed by atoms with Crippen LogP contribution in [0.3, 0.4) is 0 Å². The predicted octanol–water partition coefficient (Wildman–Crippen LogP) is 0.850. The summed E-state index contributed by atoms with van der Waals surface area (Å²) in [7, 11) is 0. The van der Waals surface area contributed by atoms with Crippen molar-refractivity contribution in [3.05, 3.63) is 36.7 Å². The summed E-state index contributed by atoms with van der Waals surface area (Å²) in [6.07, 6.45) is 2.76. The zero-order chi connectivity index (χ0) is 12.4. The topological polar surface area (TPSA) is 111 Å². The second kappa shape index (κ2) is 4.14. The Morgan fingerprint density at radius 1 is 1.47 bits per heavy atom. The third kappa shape index (κ3) is 2.18. The molecule has 0 aliphatic carbocycles. The lowest BCUT2D eigenvalue weighted by Crippen LogP contribution is -2.32. The van der Waals surface area contributed by atoms with Gasteiger partial charge < -0.3 is 10.8 Å². The van der Waals surface area contributed by atoms with Crippen molar-refractivity contribution in [1.29, 1.82) is 5.41 Å². The number of rotatable bonds is 1. The Hall–Kier alpha value is -2.54. The zero-order valence-corrected chi connectivity index (χ0v) is 8.78. The van der Waals surface area contributed by atoms with E-state index < -0.39 is 0 Å². The molecule has 2 aromatic rings. The number of hydroxylamine groups is 1. The maximum Gasteiger partial charge on any atom is 0.248 e. The van der Waals surface area contributed by atoms with Crippen molar-refractivity contribution >= 4 is 17.3 Å². The van der Waals surface area contributed by atoms with E-state index in [4.69, 9.17) is 11.1 Å². The molecule has 0 amide bonds. The Balaban J connectivity index is 2.26. The minimum absolute atomic E-state index is 0.00525. The molecule has 2 rings (SSSR count). The van der Waals surface area contributed by atoms with Gasteiger partial charge in [-0.25, -0.2) is 4.68 Å². The molecule has 1 heterocycles. The van der Waals surface area contributed by atoms with Crippen molar-refractivity contribution in [2.75, 3.05) is 10.8 Å². The number of nitrogens with two attached hydrogens (primary N) is 1. The number of nitrogen functional groups attached to an aromatic ring is 1. The summed E-state index contributed by atoms with van der Waals surface area (Å²) in [5.74, 6) is -0.304. The van der Waals surface area contributed by atoms with Gasteiger partial charge in [0.25, 0.3) is 0 Å². The van der Waals surface area contributed by atoms with Crippen molar-refractivity contribution in [2.24, 2.45) is 0 Å². The number of phenolic OH excluding ortho intramolecular Hbond substituents is 1. The largest absolute Gasteiger partial charge is 0.508 e.